The molecular weight excluding hydrogens is 479 g/mol. The number of benzene rings is 2. The van der Waals surface area contributed by atoms with Crippen molar-refractivity contribution in [2.24, 2.45) is 0 Å². The first-order valence-electron chi connectivity index (χ1n) is 12.1. The first-order valence-corrected chi connectivity index (χ1v) is 12.1. The second-order valence-electron chi connectivity index (χ2n) is 9.42. The number of rotatable bonds is 10. The van der Waals surface area contributed by atoms with E-state index in [2.05, 4.69) is 0 Å². The van der Waals surface area contributed by atoms with Crippen molar-refractivity contribution >= 4 is 18.0 Å². The molecule has 1 unspecified atom stereocenters. The van der Waals surface area contributed by atoms with Crippen molar-refractivity contribution in [2.45, 2.75) is 64.6 Å². The van der Waals surface area contributed by atoms with E-state index in [0.717, 1.165) is 5.56 Å². The molecule has 0 bridgehead atoms. The molecule has 198 valence electrons. The van der Waals surface area contributed by atoms with Gasteiger partial charge >= 0.3 is 11.9 Å². The average Bonchev–Trinajstić information content (AvgIpc) is 3.14. The zero-order valence-corrected chi connectivity index (χ0v) is 21.4. The van der Waals surface area contributed by atoms with Gasteiger partial charge in [0.1, 0.15) is 11.9 Å². The van der Waals surface area contributed by atoms with Gasteiger partial charge in [-0.3, -0.25) is 0 Å². The van der Waals surface area contributed by atoms with Gasteiger partial charge in [-0.1, -0.05) is 48.0 Å². The molecule has 1 aliphatic heterocycles. The molecule has 2 aromatic rings. The molecule has 3 atom stereocenters. The molecule has 1 heterocycles. The predicted molar refractivity (Wildman–Crippen MR) is 137 cm³/mol. The summed E-state index contributed by atoms with van der Waals surface area (Å²) in [6.07, 6.45) is 1.79. The highest BCUT2D eigenvalue weighted by molar-refractivity contribution is 5.94. The van der Waals surface area contributed by atoms with Crippen LogP contribution >= 0.6 is 0 Å². The van der Waals surface area contributed by atoms with Crippen LogP contribution in [0.2, 0.25) is 0 Å². The first kappa shape index (κ1) is 28.2. The van der Waals surface area contributed by atoms with E-state index in [1.807, 2.05) is 6.92 Å². The highest BCUT2D eigenvalue weighted by atomic mass is 19.1. The molecule has 0 spiro atoms. The molecule has 7 nitrogen and oxygen atoms in total. The maximum Gasteiger partial charge on any atom is 0.338 e. The van der Waals surface area contributed by atoms with Crippen LogP contribution in [0.15, 0.2) is 60.4 Å². The third-order valence-electron chi connectivity index (χ3n) is 5.89. The van der Waals surface area contributed by atoms with E-state index in [4.69, 9.17) is 19.3 Å². The van der Waals surface area contributed by atoms with E-state index in [1.165, 1.54) is 6.08 Å². The van der Waals surface area contributed by atoms with Crippen molar-refractivity contribution in [1.82, 2.24) is 0 Å². The van der Waals surface area contributed by atoms with Crippen LogP contribution in [0.4, 0.5) is 4.39 Å². The minimum absolute atomic E-state index is 0.0391. The Hall–Kier alpha value is -3.33. The molecule has 0 aromatic heterocycles. The summed E-state index contributed by atoms with van der Waals surface area (Å²) in [5.74, 6) is -3.58. The zero-order chi connectivity index (χ0) is 27.2. The summed E-state index contributed by atoms with van der Waals surface area (Å²) in [6.45, 7) is 6.72. The largest absolute Gasteiger partial charge is 0.478 e. The Bertz CT molecular complexity index is 1170. The average molecular weight is 513 g/mol. The summed E-state index contributed by atoms with van der Waals surface area (Å²) in [5.41, 5.74) is 2.57. The van der Waals surface area contributed by atoms with E-state index < -0.39 is 41.9 Å². The summed E-state index contributed by atoms with van der Waals surface area (Å²) < 4.78 is 32.9. The maximum absolute atomic E-state index is 15.3. The normalized spacial score (nSPS) is 20.2. The Labute approximate surface area is 216 Å². The van der Waals surface area contributed by atoms with E-state index in [9.17, 15) is 14.7 Å². The molecule has 0 radical (unpaired) electrons. The second kappa shape index (κ2) is 12.3. The Kier molecular flexibility index (Phi) is 9.37. The van der Waals surface area contributed by atoms with Gasteiger partial charge in [-0.15, -0.1) is 0 Å². The van der Waals surface area contributed by atoms with Gasteiger partial charge in [0.05, 0.1) is 17.2 Å². The number of halogens is 1. The van der Waals surface area contributed by atoms with E-state index >= 15 is 4.39 Å². The lowest BCUT2D eigenvalue weighted by atomic mass is 9.97. The molecule has 2 N–H and O–H groups in total. The summed E-state index contributed by atoms with van der Waals surface area (Å²) in [4.78, 5) is 24.6. The molecule has 8 heteroatoms. The Morgan fingerprint density at radius 3 is 2.51 bits per heavy atom. The van der Waals surface area contributed by atoms with Crippen molar-refractivity contribution < 1.29 is 38.4 Å². The lowest BCUT2D eigenvalue weighted by Gasteiger charge is -2.25. The van der Waals surface area contributed by atoms with Gasteiger partial charge in [-0.2, -0.15) is 0 Å². The fourth-order valence-electron chi connectivity index (χ4n) is 4.41. The number of aliphatic hydroxyl groups is 1. The first-order chi connectivity index (χ1) is 17.5. The van der Waals surface area contributed by atoms with Crippen LogP contribution in [-0.2, 0) is 14.2 Å². The van der Waals surface area contributed by atoms with Crippen molar-refractivity contribution in [3.63, 3.8) is 0 Å². The molecular formula is C29H33FO7. The molecule has 0 saturated carbocycles. The van der Waals surface area contributed by atoms with Gasteiger partial charge < -0.3 is 24.4 Å². The number of hydrogen-bond donors (Lipinski definition) is 2. The summed E-state index contributed by atoms with van der Waals surface area (Å²) in [7, 11) is 0. The number of carboxylic acid groups (broad SMARTS) is 1. The number of carboxylic acids is 1. The van der Waals surface area contributed by atoms with Crippen LogP contribution in [0.3, 0.4) is 0 Å². The number of aryl methyl sites for hydroxylation is 2. The maximum atomic E-state index is 15.3. The number of carbonyl (C=O) groups excluding carboxylic acids is 1. The number of ether oxygens (including phenoxy) is 3. The summed E-state index contributed by atoms with van der Waals surface area (Å²) >= 11 is 0. The number of esters is 1. The fraction of sp³-hybridized carbons (Fsp3) is 0.379. The van der Waals surface area contributed by atoms with Gasteiger partial charge in [0.25, 0.3) is 0 Å². The van der Waals surface area contributed by atoms with E-state index in [-0.39, 0.29) is 30.6 Å². The highest BCUT2D eigenvalue weighted by Crippen LogP contribution is 2.36. The lowest BCUT2D eigenvalue weighted by Crippen LogP contribution is -2.39. The van der Waals surface area contributed by atoms with E-state index in [0.29, 0.717) is 11.1 Å². The predicted octanol–water partition coefficient (Wildman–Crippen LogP) is 5.39. The topological polar surface area (TPSA) is 102 Å². The molecule has 37 heavy (non-hydrogen) atoms. The van der Waals surface area contributed by atoms with Crippen LogP contribution in [0, 0.1) is 13.8 Å². The third kappa shape index (κ3) is 7.35. The minimum atomic E-state index is -1.41. The van der Waals surface area contributed by atoms with Gasteiger partial charge in [-0.25, -0.2) is 14.0 Å². The SMILES string of the molecule is Cc1cc(C)c(C(=O)O)c(/C=C/C[C@@H]2OC(C)(C)O[C@@H]2C(OC(=O)c2ccccc2)/C(F)=C\CCO)c1. The molecule has 2 aromatic carbocycles. The molecule has 1 saturated heterocycles. The highest BCUT2D eigenvalue weighted by Gasteiger charge is 2.47. The molecule has 3 rings (SSSR count). The molecule has 0 amide bonds. The quantitative estimate of drug-likeness (QED) is 0.412. The van der Waals surface area contributed by atoms with Gasteiger partial charge in [0, 0.05) is 6.61 Å². The van der Waals surface area contributed by atoms with Crippen LogP contribution in [0.5, 0.6) is 0 Å². The second-order valence-corrected chi connectivity index (χ2v) is 9.42. The third-order valence-corrected chi connectivity index (χ3v) is 5.89. The van der Waals surface area contributed by atoms with Gasteiger partial charge in [0.2, 0.25) is 0 Å². The number of aromatic carboxylic acids is 1. The number of aliphatic hydroxyl groups excluding tert-OH is 1. The summed E-state index contributed by atoms with van der Waals surface area (Å²) in [5, 5.41) is 18.8. The Morgan fingerprint density at radius 1 is 1.16 bits per heavy atom. The monoisotopic (exact) mass is 512 g/mol. The zero-order valence-electron chi connectivity index (χ0n) is 21.4. The minimum Gasteiger partial charge on any atom is -0.478 e. The Morgan fingerprint density at radius 2 is 1.86 bits per heavy atom. The standard InChI is InChI=1S/C29H33FO7/c1-18-16-19(2)24(27(32)33)21(17-18)12-8-14-23-26(37-29(3,4)36-23)25(22(30)13-9-15-31)35-28(34)20-10-6-5-7-11-20/h5-8,10-13,16-17,23,25-26,31H,9,14-15H2,1-4H3,(H,32,33)/b12-8+,22-13+/t23-,25?,26-/m0/s1. The van der Waals surface area contributed by atoms with Crippen LogP contribution in [0.25, 0.3) is 6.08 Å². The van der Waals surface area contributed by atoms with Crippen molar-refractivity contribution in [3.8, 4) is 0 Å². The van der Waals surface area contributed by atoms with Gasteiger partial charge in [0.15, 0.2) is 11.9 Å². The van der Waals surface area contributed by atoms with Gasteiger partial charge in [-0.05, 0) is 69.9 Å². The van der Waals surface area contributed by atoms with E-state index in [1.54, 1.807) is 75.4 Å². The smallest absolute Gasteiger partial charge is 0.338 e. The number of hydrogen-bond acceptors (Lipinski definition) is 6. The molecule has 0 aliphatic carbocycles. The van der Waals surface area contributed by atoms with Crippen LogP contribution in [-0.4, -0.2) is 52.9 Å². The molecule has 1 aliphatic rings. The summed E-state index contributed by atoms with van der Waals surface area (Å²) in [6, 6.07) is 11.8. The number of carbonyl (C=O) groups is 2. The Balaban J connectivity index is 1.89. The lowest BCUT2D eigenvalue weighted by molar-refractivity contribution is -0.154. The van der Waals surface area contributed by atoms with Crippen molar-refractivity contribution in [2.75, 3.05) is 6.61 Å². The fourth-order valence-corrected chi connectivity index (χ4v) is 4.41. The van der Waals surface area contributed by atoms with Crippen LogP contribution < -0.4 is 0 Å². The van der Waals surface area contributed by atoms with Crippen molar-refractivity contribution in [1.29, 1.82) is 0 Å². The van der Waals surface area contributed by atoms with Crippen LogP contribution in [0.1, 0.15) is 64.1 Å². The van der Waals surface area contributed by atoms with Crippen molar-refractivity contribution in [3.05, 3.63) is 88.3 Å². The molecule has 1 fully saturated rings.